The number of hydrogen-bond donors (Lipinski definition) is 1. The van der Waals surface area contributed by atoms with E-state index in [1.54, 1.807) is 22.6 Å². The molecular weight excluding hydrogens is 272 g/mol. The molecule has 1 N–H and O–H groups in total. The molecular formula is C13H20N6S. The van der Waals surface area contributed by atoms with E-state index in [0.29, 0.717) is 17.1 Å². The Kier molecular flexibility index (Phi) is 4.59. The first-order valence-electron chi connectivity index (χ1n) is 6.67. The van der Waals surface area contributed by atoms with Gasteiger partial charge in [-0.05, 0) is 12.5 Å². The van der Waals surface area contributed by atoms with Crippen LogP contribution in [0.2, 0.25) is 0 Å². The lowest BCUT2D eigenvalue weighted by molar-refractivity contribution is 0.745. The summed E-state index contributed by atoms with van der Waals surface area (Å²) < 4.78 is 1.69. The van der Waals surface area contributed by atoms with Crippen LogP contribution in [-0.4, -0.2) is 36.0 Å². The molecule has 0 fully saturated rings. The summed E-state index contributed by atoms with van der Waals surface area (Å²) in [5, 5.41) is 8.08. The molecule has 7 heteroatoms. The van der Waals surface area contributed by atoms with Crippen molar-refractivity contribution in [1.29, 1.82) is 0 Å². The summed E-state index contributed by atoms with van der Waals surface area (Å²) in [6.45, 7) is 9.34. The van der Waals surface area contributed by atoms with Crippen molar-refractivity contribution in [2.45, 2.75) is 44.0 Å². The highest BCUT2D eigenvalue weighted by Gasteiger charge is 2.17. The molecule has 2 aromatic heterocycles. The quantitative estimate of drug-likeness (QED) is 0.855. The zero-order valence-electron chi connectivity index (χ0n) is 12.3. The summed E-state index contributed by atoms with van der Waals surface area (Å²) in [4.78, 5) is 13.3. The highest BCUT2D eigenvalue weighted by molar-refractivity contribution is 8.00. The fraction of sp³-hybridized carbons (Fsp3) is 0.538. The van der Waals surface area contributed by atoms with Gasteiger partial charge in [0.2, 0.25) is 5.95 Å². The largest absolute Gasteiger partial charge is 0.354 e. The molecule has 20 heavy (non-hydrogen) atoms. The minimum Gasteiger partial charge on any atom is -0.354 e. The Morgan fingerprint density at radius 3 is 2.65 bits per heavy atom. The van der Waals surface area contributed by atoms with Gasteiger partial charge in [-0.3, -0.25) is 0 Å². The Balaban J connectivity index is 2.33. The molecule has 0 unspecified atom stereocenters. The number of aromatic nitrogens is 5. The second-order valence-corrected chi connectivity index (χ2v) is 7.13. The van der Waals surface area contributed by atoms with Gasteiger partial charge in [-0.1, -0.05) is 39.5 Å². The zero-order chi connectivity index (χ0) is 14.6. The van der Waals surface area contributed by atoms with Gasteiger partial charge in [-0.15, -0.1) is 0 Å². The van der Waals surface area contributed by atoms with Gasteiger partial charge in [0, 0.05) is 23.7 Å². The van der Waals surface area contributed by atoms with Crippen LogP contribution in [-0.2, 0) is 0 Å². The molecule has 0 saturated heterocycles. The molecule has 0 aromatic carbocycles. The maximum Gasteiger partial charge on any atom is 0.256 e. The monoisotopic (exact) mass is 292 g/mol. The van der Waals surface area contributed by atoms with Crippen LogP contribution < -0.4 is 5.32 Å². The summed E-state index contributed by atoms with van der Waals surface area (Å²) in [7, 11) is 0. The lowest BCUT2D eigenvalue weighted by Gasteiger charge is -2.16. The van der Waals surface area contributed by atoms with Gasteiger partial charge in [0.15, 0.2) is 5.16 Å². The van der Waals surface area contributed by atoms with Crippen LogP contribution >= 0.6 is 11.8 Å². The van der Waals surface area contributed by atoms with Crippen LogP contribution in [0.5, 0.6) is 0 Å². The zero-order valence-corrected chi connectivity index (χ0v) is 13.1. The number of anilines is 1. The third-order valence-electron chi connectivity index (χ3n) is 2.24. The predicted molar refractivity (Wildman–Crippen MR) is 81.3 cm³/mol. The van der Waals surface area contributed by atoms with Crippen molar-refractivity contribution in [2.24, 2.45) is 0 Å². The Bertz CT molecular complexity index is 546. The molecule has 0 bridgehead atoms. The van der Waals surface area contributed by atoms with E-state index in [1.165, 1.54) is 0 Å². The number of hydrogen-bond acceptors (Lipinski definition) is 6. The van der Waals surface area contributed by atoms with Crippen molar-refractivity contribution in [2.75, 3.05) is 11.9 Å². The topological polar surface area (TPSA) is 68.5 Å². The van der Waals surface area contributed by atoms with E-state index in [0.717, 1.165) is 13.0 Å². The average Bonchev–Trinajstić information content (AvgIpc) is 2.87. The average molecular weight is 292 g/mol. The van der Waals surface area contributed by atoms with Gasteiger partial charge in [0.25, 0.3) is 5.95 Å². The summed E-state index contributed by atoms with van der Waals surface area (Å²) in [6.07, 6.45) is 4.55. The van der Waals surface area contributed by atoms with E-state index < -0.39 is 0 Å². The van der Waals surface area contributed by atoms with Gasteiger partial charge in [-0.25, -0.2) is 4.68 Å². The van der Waals surface area contributed by atoms with E-state index in [-0.39, 0.29) is 4.75 Å². The number of rotatable bonds is 5. The van der Waals surface area contributed by atoms with Crippen LogP contribution in [0.25, 0.3) is 5.95 Å². The van der Waals surface area contributed by atoms with Crippen LogP contribution in [0, 0.1) is 0 Å². The number of thioether (sulfide) groups is 1. The van der Waals surface area contributed by atoms with Crippen molar-refractivity contribution in [3.63, 3.8) is 0 Å². The lowest BCUT2D eigenvalue weighted by atomic mass is 10.3. The molecule has 0 atom stereocenters. The van der Waals surface area contributed by atoms with Crippen molar-refractivity contribution in [1.82, 2.24) is 24.7 Å². The van der Waals surface area contributed by atoms with Crippen LogP contribution in [0.1, 0.15) is 34.1 Å². The van der Waals surface area contributed by atoms with Crippen molar-refractivity contribution in [3.05, 3.63) is 18.5 Å². The van der Waals surface area contributed by atoms with Crippen LogP contribution in [0.3, 0.4) is 0 Å². The minimum atomic E-state index is 0.0464. The number of nitrogens with one attached hydrogen (secondary N) is 1. The van der Waals surface area contributed by atoms with Crippen molar-refractivity contribution < 1.29 is 0 Å². The first-order chi connectivity index (χ1) is 9.48. The van der Waals surface area contributed by atoms with Crippen molar-refractivity contribution in [3.8, 4) is 5.95 Å². The molecule has 108 valence electrons. The molecule has 0 radical (unpaired) electrons. The summed E-state index contributed by atoms with van der Waals surface area (Å²) in [6, 6.07) is 1.85. The van der Waals surface area contributed by atoms with Gasteiger partial charge in [-0.2, -0.15) is 20.1 Å². The summed E-state index contributed by atoms with van der Waals surface area (Å²) in [5.41, 5.74) is 0. The number of nitrogens with zero attached hydrogens (tertiary/aromatic N) is 5. The second kappa shape index (κ2) is 6.21. The van der Waals surface area contributed by atoms with Gasteiger partial charge >= 0.3 is 0 Å². The van der Waals surface area contributed by atoms with Crippen LogP contribution in [0.4, 0.5) is 5.95 Å². The fourth-order valence-corrected chi connectivity index (χ4v) is 2.28. The molecule has 2 rings (SSSR count). The normalized spacial score (nSPS) is 11.6. The minimum absolute atomic E-state index is 0.0464. The molecule has 6 nitrogen and oxygen atoms in total. The third kappa shape index (κ3) is 4.19. The maximum absolute atomic E-state index is 4.47. The third-order valence-corrected chi connectivity index (χ3v) is 3.22. The molecule has 0 aliphatic carbocycles. The smallest absolute Gasteiger partial charge is 0.256 e. The van der Waals surface area contributed by atoms with E-state index in [1.807, 2.05) is 12.3 Å². The maximum atomic E-state index is 4.47. The molecule has 0 saturated carbocycles. The second-order valence-electron chi connectivity index (χ2n) is 5.33. The van der Waals surface area contributed by atoms with Gasteiger partial charge in [0.1, 0.15) is 0 Å². The Hall–Kier alpha value is -1.63. The molecule has 2 heterocycles. The first-order valence-corrected chi connectivity index (χ1v) is 7.48. The molecule has 0 spiro atoms. The SMILES string of the molecule is CCCNc1nc(SC(C)(C)C)nc(-n2cccn2)n1. The summed E-state index contributed by atoms with van der Waals surface area (Å²) in [5.74, 6) is 1.13. The van der Waals surface area contributed by atoms with Crippen molar-refractivity contribution >= 4 is 17.7 Å². The van der Waals surface area contributed by atoms with E-state index in [2.05, 4.69) is 53.1 Å². The highest BCUT2D eigenvalue weighted by Crippen LogP contribution is 2.29. The van der Waals surface area contributed by atoms with E-state index in [9.17, 15) is 0 Å². The predicted octanol–water partition coefficient (Wildman–Crippen LogP) is 2.77. The van der Waals surface area contributed by atoms with Crippen LogP contribution in [0.15, 0.2) is 23.6 Å². The Morgan fingerprint density at radius 1 is 1.25 bits per heavy atom. The first kappa shape index (κ1) is 14.8. The molecule has 0 aliphatic rings. The lowest BCUT2D eigenvalue weighted by Crippen LogP contribution is -2.13. The Labute approximate surface area is 123 Å². The van der Waals surface area contributed by atoms with E-state index >= 15 is 0 Å². The molecule has 2 aromatic rings. The summed E-state index contributed by atoms with van der Waals surface area (Å²) >= 11 is 1.62. The fourth-order valence-electron chi connectivity index (χ4n) is 1.47. The Morgan fingerprint density at radius 2 is 2.05 bits per heavy atom. The van der Waals surface area contributed by atoms with Gasteiger partial charge in [0.05, 0.1) is 0 Å². The van der Waals surface area contributed by atoms with E-state index in [4.69, 9.17) is 0 Å². The van der Waals surface area contributed by atoms with Gasteiger partial charge < -0.3 is 5.32 Å². The molecule has 0 aliphatic heterocycles. The molecule has 0 amide bonds. The highest BCUT2D eigenvalue weighted by atomic mass is 32.2. The standard InChI is InChI=1S/C13H20N6S/c1-5-7-14-10-16-11(19-9-6-8-15-19)18-12(17-10)20-13(2,3)4/h6,8-9H,5,7H2,1-4H3,(H,14,16,17,18).